The number of pyridine rings is 1. The number of benzene rings is 1. The first kappa shape index (κ1) is 21.0. The van der Waals surface area contributed by atoms with Gasteiger partial charge in [-0.1, -0.05) is 6.92 Å². The van der Waals surface area contributed by atoms with Crippen LogP contribution < -0.4 is 22.1 Å². The van der Waals surface area contributed by atoms with Gasteiger partial charge in [-0.05, 0) is 56.4 Å². The molecule has 1 saturated carbocycles. The third kappa shape index (κ3) is 4.18. The highest BCUT2D eigenvalue weighted by atomic mass is 19.1. The molecule has 1 aliphatic carbocycles. The quantitative estimate of drug-likeness (QED) is 0.439. The number of rotatable bonds is 8. The van der Waals surface area contributed by atoms with E-state index < -0.39 is 11.7 Å². The number of amides is 1. The Labute approximate surface area is 180 Å². The maximum Gasteiger partial charge on any atom is 0.252 e. The van der Waals surface area contributed by atoms with E-state index in [0.29, 0.717) is 11.6 Å². The lowest BCUT2D eigenvalue weighted by atomic mass is 10.0. The molecule has 164 valence electrons. The van der Waals surface area contributed by atoms with Gasteiger partial charge in [0.05, 0.1) is 16.8 Å². The molecular weight excluding hydrogens is 397 g/mol. The lowest BCUT2D eigenvalue weighted by molar-refractivity contribution is 0.100. The SMILES string of the molecule is CC[C@H](N)[C@H](Nc1nc(Nc2ccc3c(c2)c(C)nn3C)c(C(N)=O)cc1F)C1CC1. The van der Waals surface area contributed by atoms with E-state index in [2.05, 4.69) is 20.7 Å². The smallest absolute Gasteiger partial charge is 0.252 e. The minimum absolute atomic E-state index is 0.0196. The van der Waals surface area contributed by atoms with E-state index in [1.807, 2.05) is 39.1 Å². The summed E-state index contributed by atoms with van der Waals surface area (Å²) >= 11 is 0. The predicted molar refractivity (Wildman–Crippen MR) is 120 cm³/mol. The zero-order chi connectivity index (χ0) is 22.3. The monoisotopic (exact) mass is 425 g/mol. The molecule has 2 aromatic heterocycles. The van der Waals surface area contributed by atoms with Crippen molar-refractivity contribution in [3.8, 4) is 0 Å². The average molecular weight is 426 g/mol. The van der Waals surface area contributed by atoms with Gasteiger partial charge in [0, 0.05) is 30.2 Å². The second kappa shape index (κ2) is 8.14. The number of aromatic nitrogens is 3. The van der Waals surface area contributed by atoms with Crippen LogP contribution in [0.5, 0.6) is 0 Å². The minimum atomic E-state index is -0.761. The van der Waals surface area contributed by atoms with Gasteiger partial charge in [-0.3, -0.25) is 9.48 Å². The Morgan fingerprint density at radius 2 is 2.06 bits per heavy atom. The minimum Gasteiger partial charge on any atom is -0.365 e. The van der Waals surface area contributed by atoms with Crippen LogP contribution in [0.4, 0.5) is 21.7 Å². The van der Waals surface area contributed by atoms with Gasteiger partial charge >= 0.3 is 0 Å². The zero-order valence-corrected chi connectivity index (χ0v) is 17.9. The van der Waals surface area contributed by atoms with Crippen LogP contribution >= 0.6 is 0 Å². The van der Waals surface area contributed by atoms with E-state index in [0.717, 1.165) is 41.9 Å². The van der Waals surface area contributed by atoms with E-state index in [1.54, 1.807) is 4.68 Å². The molecule has 1 fully saturated rings. The second-order valence-electron chi connectivity index (χ2n) is 8.22. The molecule has 9 heteroatoms. The normalized spacial score (nSPS) is 15.6. The summed E-state index contributed by atoms with van der Waals surface area (Å²) in [7, 11) is 1.88. The Morgan fingerprint density at radius 3 is 2.71 bits per heavy atom. The fourth-order valence-electron chi connectivity index (χ4n) is 3.97. The Morgan fingerprint density at radius 1 is 1.32 bits per heavy atom. The maximum absolute atomic E-state index is 14.8. The highest BCUT2D eigenvalue weighted by molar-refractivity contribution is 5.99. The summed E-state index contributed by atoms with van der Waals surface area (Å²) in [4.78, 5) is 16.4. The van der Waals surface area contributed by atoms with Crippen molar-refractivity contribution in [2.45, 2.75) is 45.2 Å². The van der Waals surface area contributed by atoms with Gasteiger partial charge in [-0.25, -0.2) is 9.37 Å². The van der Waals surface area contributed by atoms with Gasteiger partial charge in [0.2, 0.25) is 0 Å². The second-order valence-corrected chi connectivity index (χ2v) is 8.22. The van der Waals surface area contributed by atoms with Crippen molar-refractivity contribution in [1.29, 1.82) is 0 Å². The van der Waals surface area contributed by atoms with Crippen LogP contribution in [0.25, 0.3) is 10.9 Å². The number of fused-ring (bicyclic) bond motifs is 1. The molecule has 3 aromatic rings. The van der Waals surface area contributed by atoms with Crippen LogP contribution in [-0.2, 0) is 7.05 Å². The number of primary amides is 1. The van der Waals surface area contributed by atoms with Crippen LogP contribution in [0, 0.1) is 18.7 Å². The summed E-state index contributed by atoms with van der Waals surface area (Å²) in [6.45, 7) is 3.93. The summed E-state index contributed by atoms with van der Waals surface area (Å²) < 4.78 is 16.6. The molecule has 4 rings (SSSR count). The largest absolute Gasteiger partial charge is 0.365 e. The molecule has 2 heterocycles. The molecule has 1 aromatic carbocycles. The van der Waals surface area contributed by atoms with Gasteiger partial charge in [0.15, 0.2) is 11.6 Å². The van der Waals surface area contributed by atoms with Gasteiger partial charge in [-0.2, -0.15) is 5.10 Å². The van der Waals surface area contributed by atoms with Crippen molar-refractivity contribution in [2.75, 3.05) is 10.6 Å². The fourth-order valence-corrected chi connectivity index (χ4v) is 3.97. The van der Waals surface area contributed by atoms with Crippen molar-refractivity contribution in [2.24, 2.45) is 24.4 Å². The van der Waals surface area contributed by atoms with E-state index in [4.69, 9.17) is 11.5 Å². The highest BCUT2D eigenvalue weighted by Crippen LogP contribution is 2.36. The molecule has 0 unspecified atom stereocenters. The number of nitrogens with one attached hydrogen (secondary N) is 2. The van der Waals surface area contributed by atoms with Crippen molar-refractivity contribution >= 4 is 34.1 Å². The predicted octanol–water partition coefficient (Wildman–Crippen LogP) is 3.19. The number of anilines is 3. The van der Waals surface area contributed by atoms with E-state index in [9.17, 15) is 9.18 Å². The molecule has 31 heavy (non-hydrogen) atoms. The highest BCUT2D eigenvalue weighted by Gasteiger charge is 2.35. The molecule has 6 N–H and O–H groups in total. The summed E-state index contributed by atoms with van der Waals surface area (Å²) in [6, 6.07) is 6.63. The van der Waals surface area contributed by atoms with E-state index in [1.165, 1.54) is 0 Å². The van der Waals surface area contributed by atoms with Crippen LogP contribution in [0.3, 0.4) is 0 Å². The van der Waals surface area contributed by atoms with Crippen molar-refractivity contribution in [3.63, 3.8) is 0 Å². The first-order valence-electron chi connectivity index (χ1n) is 10.5. The molecule has 0 saturated heterocycles. The number of halogens is 1. The lowest BCUT2D eigenvalue weighted by Gasteiger charge is -2.25. The number of hydrogen-bond donors (Lipinski definition) is 4. The van der Waals surface area contributed by atoms with Crippen LogP contribution in [0.2, 0.25) is 0 Å². The van der Waals surface area contributed by atoms with Crippen molar-refractivity contribution < 1.29 is 9.18 Å². The summed E-state index contributed by atoms with van der Waals surface area (Å²) in [5.41, 5.74) is 14.3. The van der Waals surface area contributed by atoms with Gasteiger partial charge < -0.3 is 22.1 Å². The third-order valence-electron chi connectivity index (χ3n) is 5.91. The first-order chi connectivity index (χ1) is 14.8. The Hall–Kier alpha value is -3.20. The molecule has 0 radical (unpaired) electrons. The van der Waals surface area contributed by atoms with Gasteiger partial charge in [0.25, 0.3) is 5.91 Å². The van der Waals surface area contributed by atoms with E-state index >= 15 is 0 Å². The molecule has 1 aliphatic rings. The van der Waals surface area contributed by atoms with Crippen LogP contribution in [0.15, 0.2) is 24.3 Å². The average Bonchev–Trinajstić information content (AvgIpc) is 3.53. The van der Waals surface area contributed by atoms with Crippen LogP contribution in [-0.4, -0.2) is 32.8 Å². The Kier molecular flexibility index (Phi) is 5.53. The molecule has 0 bridgehead atoms. The van der Waals surface area contributed by atoms with Crippen molar-refractivity contribution in [1.82, 2.24) is 14.8 Å². The van der Waals surface area contributed by atoms with E-state index in [-0.39, 0.29) is 29.3 Å². The van der Waals surface area contributed by atoms with Crippen LogP contribution in [0.1, 0.15) is 42.2 Å². The number of aryl methyl sites for hydroxylation is 2. The zero-order valence-electron chi connectivity index (χ0n) is 17.9. The molecule has 8 nitrogen and oxygen atoms in total. The molecule has 2 atom stereocenters. The van der Waals surface area contributed by atoms with Gasteiger partial charge in [0.1, 0.15) is 5.82 Å². The number of nitrogens with two attached hydrogens (primary N) is 2. The first-order valence-corrected chi connectivity index (χ1v) is 10.5. The molecular formula is C22H28FN7O. The standard InChI is InChI=1S/C22H28FN7O/c1-4-17(24)19(12-5-6-12)27-22-16(23)10-15(20(25)31)21(28-22)26-13-7-8-18-14(9-13)11(2)29-30(18)3/h7-10,12,17,19H,4-6,24H2,1-3H3,(H2,25,31)(H2,26,27,28)/t17-,19+/m0/s1. The molecule has 0 aliphatic heterocycles. The summed E-state index contributed by atoms with van der Waals surface area (Å²) in [5, 5.41) is 11.7. The number of carbonyl (C=O) groups excluding carboxylic acids is 1. The maximum atomic E-state index is 14.8. The summed E-state index contributed by atoms with van der Waals surface area (Å²) in [6.07, 6.45) is 2.88. The molecule has 1 amide bonds. The third-order valence-corrected chi connectivity index (χ3v) is 5.91. The number of hydrogen-bond acceptors (Lipinski definition) is 6. The number of nitrogens with zero attached hydrogens (tertiary/aromatic N) is 3. The topological polar surface area (TPSA) is 124 Å². The Balaban J connectivity index is 1.69. The lowest BCUT2D eigenvalue weighted by Crippen LogP contribution is -2.42. The summed E-state index contributed by atoms with van der Waals surface area (Å²) in [5.74, 6) is -0.738. The Bertz CT molecular complexity index is 1140. The number of carbonyl (C=O) groups is 1. The molecule has 0 spiro atoms. The van der Waals surface area contributed by atoms with Gasteiger partial charge in [-0.15, -0.1) is 0 Å². The van der Waals surface area contributed by atoms with Crippen molar-refractivity contribution in [3.05, 3.63) is 41.3 Å². The fraction of sp³-hybridized carbons (Fsp3) is 0.409.